The van der Waals surface area contributed by atoms with Gasteiger partial charge in [-0.2, -0.15) is 0 Å². The summed E-state index contributed by atoms with van der Waals surface area (Å²) in [5.74, 6) is -0.923. The fourth-order valence-electron chi connectivity index (χ4n) is 1.62. The summed E-state index contributed by atoms with van der Waals surface area (Å²) in [4.78, 5) is 11.2. The van der Waals surface area contributed by atoms with Gasteiger partial charge in [0, 0.05) is 0 Å². The predicted octanol–water partition coefficient (Wildman–Crippen LogP) is 0.593. The Balaban J connectivity index is 2.62. The van der Waals surface area contributed by atoms with E-state index in [2.05, 4.69) is 9.46 Å². The summed E-state index contributed by atoms with van der Waals surface area (Å²) >= 11 is 0. The van der Waals surface area contributed by atoms with Crippen LogP contribution in [0.1, 0.15) is 24.9 Å². The first-order chi connectivity index (χ1) is 9.48. The van der Waals surface area contributed by atoms with Crippen molar-refractivity contribution in [2.24, 2.45) is 0 Å². The Hall–Kier alpha value is -1.44. The van der Waals surface area contributed by atoms with E-state index in [-0.39, 0.29) is 25.4 Å². The summed E-state index contributed by atoms with van der Waals surface area (Å²) in [5, 5.41) is 9.29. The SMILES string of the molecule is CCOC(=O)CCS(=O)(=O)NC(CO)c1ccccc1. The van der Waals surface area contributed by atoms with Crippen molar-refractivity contribution in [1.82, 2.24) is 4.72 Å². The van der Waals surface area contributed by atoms with E-state index in [1.54, 1.807) is 37.3 Å². The molecule has 1 atom stereocenters. The van der Waals surface area contributed by atoms with E-state index < -0.39 is 22.0 Å². The second-order valence-corrected chi connectivity index (χ2v) is 6.01. The lowest BCUT2D eigenvalue weighted by atomic mass is 10.1. The van der Waals surface area contributed by atoms with Crippen LogP contribution < -0.4 is 4.72 Å². The minimum Gasteiger partial charge on any atom is -0.466 e. The smallest absolute Gasteiger partial charge is 0.306 e. The molecule has 0 radical (unpaired) electrons. The van der Waals surface area contributed by atoms with Crippen molar-refractivity contribution in [2.75, 3.05) is 19.0 Å². The van der Waals surface area contributed by atoms with E-state index in [1.807, 2.05) is 0 Å². The van der Waals surface area contributed by atoms with E-state index in [0.29, 0.717) is 5.56 Å². The molecule has 0 amide bonds. The summed E-state index contributed by atoms with van der Waals surface area (Å²) in [7, 11) is -3.67. The maximum Gasteiger partial charge on any atom is 0.306 e. The van der Waals surface area contributed by atoms with Crippen LogP contribution in [0, 0.1) is 0 Å². The topological polar surface area (TPSA) is 92.7 Å². The van der Waals surface area contributed by atoms with Crippen LogP contribution in [-0.4, -0.2) is 38.5 Å². The molecule has 0 saturated heterocycles. The largest absolute Gasteiger partial charge is 0.466 e. The molecule has 0 aliphatic rings. The second-order valence-electron chi connectivity index (χ2n) is 4.14. The van der Waals surface area contributed by atoms with E-state index in [0.717, 1.165) is 0 Å². The Morgan fingerprint density at radius 1 is 1.35 bits per heavy atom. The number of benzene rings is 1. The number of sulfonamides is 1. The van der Waals surface area contributed by atoms with Crippen molar-refractivity contribution in [3.63, 3.8) is 0 Å². The van der Waals surface area contributed by atoms with Gasteiger partial charge in [-0.1, -0.05) is 30.3 Å². The van der Waals surface area contributed by atoms with Crippen molar-refractivity contribution in [1.29, 1.82) is 0 Å². The number of carbonyl (C=O) groups excluding carboxylic acids is 1. The van der Waals surface area contributed by atoms with Crippen LogP contribution in [-0.2, 0) is 19.6 Å². The van der Waals surface area contributed by atoms with Crippen LogP contribution in [0.15, 0.2) is 30.3 Å². The summed E-state index contributed by atoms with van der Waals surface area (Å²) < 4.78 is 30.7. The maximum absolute atomic E-state index is 11.9. The average molecular weight is 301 g/mol. The zero-order valence-electron chi connectivity index (χ0n) is 11.3. The van der Waals surface area contributed by atoms with Gasteiger partial charge in [0.1, 0.15) is 0 Å². The number of hydrogen-bond donors (Lipinski definition) is 2. The van der Waals surface area contributed by atoms with E-state index in [4.69, 9.17) is 0 Å². The fourth-order valence-corrected chi connectivity index (χ4v) is 2.82. The van der Waals surface area contributed by atoms with Crippen LogP contribution in [0.4, 0.5) is 0 Å². The Bertz CT molecular complexity index is 515. The minimum atomic E-state index is -3.67. The Labute approximate surface area is 118 Å². The molecule has 0 bridgehead atoms. The van der Waals surface area contributed by atoms with Crippen molar-refractivity contribution in [3.8, 4) is 0 Å². The standard InChI is InChI=1S/C13H19NO5S/c1-2-19-13(16)8-9-20(17,18)14-12(10-15)11-6-4-3-5-7-11/h3-7,12,14-15H,2,8-10H2,1H3. The van der Waals surface area contributed by atoms with Gasteiger partial charge in [-0.3, -0.25) is 4.79 Å². The van der Waals surface area contributed by atoms with Gasteiger partial charge in [0.25, 0.3) is 0 Å². The first-order valence-electron chi connectivity index (χ1n) is 6.30. The van der Waals surface area contributed by atoms with Crippen molar-refractivity contribution < 1.29 is 23.1 Å². The number of ether oxygens (including phenoxy) is 1. The highest BCUT2D eigenvalue weighted by molar-refractivity contribution is 7.89. The fraction of sp³-hybridized carbons (Fsp3) is 0.462. The van der Waals surface area contributed by atoms with Gasteiger partial charge < -0.3 is 9.84 Å². The van der Waals surface area contributed by atoms with E-state index in [1.165, 1.54) is 0 Å². The highest BCUT2D eigenvalue weighted by Crippen LogP contribution is 2.13. The van der Waals surface area contributed by atoms with E-state index in [9.17, 15) is 18.3 Å². The molecule has 7 heteroatoms. The Kier molecular flexibility index (Phi) is 6.63. The van der Waals surface area contributed by atoms with Gasteiger partial charge in [0.05, 0.1) is 31.4 Å². The predicted molar refractivity (Wildman–Crippen MR) is 74.4 cm³/mol. The average Bonchev–Trinajstić information content (AvgIpc) is 2.44. The molecule has 20 heavy (non-hydrogen) atoms. The zero-order chi connectivity index (χ0) is 15.0. The molecular formula is C13H19NO5S. The quantitative estimate of drug-likeness (QED) is 0.686. The number of rotatable bonds is 8. The summed E-state index contributed by atoms with van der Waals surface area (Å²) in [6, 6.07) is 8.02. The first-order valence-corrected chi connectivity index (χ1v) is 7.95. The van der Waals surface area contributed by atoms with Crippen LogP contribution >= 0.6 is 0 Å². The Morgan fingerprint density at radius 3 is 2.55 bits per heavy atom. The molecule has 0 heterocycles. The minimum absolute atomic E-state index is 0.212. The highest BCUT2D eigenvalue weighted by atomic mass is 32.2. The molecule has 112 valence electrons. The van der Waals surface area contributed by atoms with Crippen molar-refractivity contribution in [3.05, 3.63) is 35.9 Å². The Morgan fingerprint density at radius 2 is 2.00 bits per heavy atom. The molecule has 1 aromatic rings. The third kappa shape index (κ3) is 5.68. The molecule has 0 aliphatic carbocycles. The van der Waals surface area contributed by atoms with Gasteiger partial charge in [0.2, 0.25) is 10.0 Å². The lowest BCUT2D eigenvalue weighted by Crippen LogP contribution is -2.33. The normalized spacial score (nSPS) is 12.9. The van der Waals surface area contributed by atoms with Crippen LogP contribution in [0.3, 0.4) is 0 Å². The molecule has 2 N–H and O–H groups in total. The maximum atomic E-state index is 11.9. The number of hydrogen-bond acceptors (Lipinski definition) is 5. The summed E-state index contributed by atoms with van der Waals surface area (Å²) in [6.07, 6.45) is -0.212. The molecule has 0 aliphatic heterocycles. The molecule has 6 nitrogen and oxygen atoms in total. The molecule has 0 fully saturated rings. The van der Waals surface area contributed by atoms with E-state index >= 15 is 0 Å². The van der Waals surface area contributed by atoms with Crippen molar-refractivity contribution >= 4 is 16.0 Å². The third-order valence-electron chi connectivity index (χ3n) is 2.59. The number of aliphatic hydroxyl groups excluding tert-OH is 1. The molecule has 1 aromatic carbocycles. The molecule has 0 saturated carbocycles. The second kappa shape index (κ2) is 7.98. The van der Waals surface area contributed by atoms with Crippen LogP contribution in [0.5, 0.6) is 0 Å². The van der Waals surface area contributed by atoms with Crippen LogP contribution in [0.25, 0.3) is 0 Å². The number of carbonyl (C=O) groups is 1. The molecule has 0 spiro atoms. The molecule has 0 aromatic heterocycles. The number of nitrogens with one attached hydrogen (secondary N) is 1. The van der Waals surface area contributed by atoms with Gasteiger partial charge in [-0.25, -0.2) is 13.1 Å². The van der Waals surface area contributed by atoms with Gasteiger partial charge in [-0.15, -0.1) is 0 Å². The highest BCUT2D eigenvalue weighted by Gasteiger charge is 2.20. The van der Waals surface area contributed by atoms with Gasteiger partial charge >= 0.3 is 5.97 Å². The monoisotopic (exact) mass is 301 g/mol. The summed E-state index contributed by atoms with van der Waals surface area (Å²) in [6.45, 7) is 1.51. The molecular weight excluding hydrogens is 282 g/mol. The lowest BCUT2D eigenvalue weighted by Gasteiger charge is -2.16. The zero-order valence-corrected chi connectivity index (χ0v) is 12.1. The van der Waals surface area contributed by atoms with Gasteiger partial charge in [-0.05, 0) is 12.5 Å². The summed E-state index contributed by atoms with van der Waals surface area (Å²) in [5.41, 5.74) is 0.662. The first kappa shape index (κ1) is 16.6. The lowest BCUT2D eigenvalue weighted by molar-refractivity contribution is -0.142. The van der Waals surface area contributed by atoms with Crippen LogP contribution in [0.2, 0.25) is 0 Å². The van der Waals surface area contributed by atoms with Gasteiger partial charge in [0.15, 0.2) is 0 Å². The third-order valence-corrected chi connectivity index (χ3v) is 3.97. The molecule has 1 rings (SSSR count). The number of esters is 1. The van der Waals surface area contributed by atoms with Crippen molar-refractivity contribution in [2.45, 2.75) is 19.4 Å². The number of aliphatic hydroxyl groups is 1. The molecule has 1 unspecified atom stereocenters.